The molecule has 1 saturated heterocycles. The number of thioether (sulfide) groups is 1. The second kappa shape index (κ2) is 8.62. The Morgan fingerprint density at radius 3 is 3.04 bits per heavy atom. The summed E-state index contributed by atoms with van der Waals surface area (Å²) in [6, 6.07) is 9.94. The normalized spacial score (nSPS) is 20.7. The first-order valence-electron chi connectivity index (χ1n) is 7.80. The third-order valence-electron chi connectivity index (χ3n) is 3.82. The third-order valence-corrected chi connectivity index (χ3v) is 5.68. The summed E-state index contributed by atoms with van der Waals surface area (Å²) in [7, 11) is 0. The monoisotopic (exact) mass is 364 g/mol. The number of aromatic nitrogens is 1. The first-order valence-corrected chi connectivity index (χ1v) is 9.90. The van der Waals surface area contributed by atoms with Crippen LogP contribution in [0, 0.1) is 0 Å². The Bertz CT molecular complexity index is 663. The molecule has 0 bridgehead atoms. The maximum atomic E-state index is 12.4. The number of carbonyl (C=O) groups excluding carboxylic acids is 1. The van der Waals surface area contributed by atoms with Crippen molar-refractivity contribution >= 4 is 29.0 Å². The molecule has 1 aromatic carbocycles. The van der Waals surface area contributed by atoms with E-state index in [9.17, 15) is 4.79 Å². The highest BCUT2D eigenvalue weighted by Crippen LogP contribution is 2.20. The molecule has 0 saturated carbocycles. The van der Waals surface area contributed by atoms with Crippen LogP contribution in [0.15, 0.2) is 40.1 Å². The maximum Gasteiger partial charge on any atom is 0.271 e. The number of nitrogens with zero attached hydrogens (tertiary/aromatic N) is 1. The van der Waals surface area contributed by atoms with E-state index in [0.29, 0.717) is 25.5 Å². The summed E-state index contributed by atoms with van der Waals surface area (Å²) in [6.07, 6.45) is 2.54. The summed E-state index contributed by atoms with van der Waals surface area (Å²) >= 11 is 3.03. The second-order valence-electron chi connectivity index (χ2n) is 5.48. The lowest BCUT2D eigenvalue weighted by Crippen LogP contribution is -2.50. The molecule has 5 nitrogen and oxygen atoms in total. The van der Waals surface area contributed by atoms with Crippen LogP contribution in [0.4, 0.5) is 0 Å². The van der Waals surface area contributed by atoms with Crippen LogP contribution < -0.4 is 5.32 Å². The zero-order chi connectivity index (χ0) is 16.8. The number of carbonyl (C=O) groups is 1. The van der Waals surface area contributed by atoms with Gasteiger partial charge in [-0.1, -0.05) is 42.1 Å². The van der Waals surface area contributed by atoms with Crippen LogP contribution in [-0.2, 0) is 16.1 Å². The molecule has 2 aromatic rings. The third kappa shape index (κ3) is 4.57. The Hall–Kier alpha value is -1.41. The average molecular weight is 364 g/mol. The van der Waals surface area contributed by atoms with Crippen molar-refractivity contribution in [3.63, 3.8) is 0 Å². The molecule has 0 radical (unpaired) electrons. The zero-order valence-electron chi connectivity index (χ0n) is 13.4. The van der Waals surface area contributed by atoms with Crippen LogP contribution in [0.5, 0.6) is 0 Å². The van der Waals surface area contributed by atoms with E-state index in [0.717, 1.165) is 16.3 Å². The van der Waals surface area contributed by atoms with Gasteiger partial charge in [0.05, 0.1) is 19.3 Å². The molecule has 2 unspecified atom stereocenters. The quantitative estimate of drug-likeness (QED) is 0.799. The first-order chi connectivity index (χ1) is 11.8. The van der Waals surface area contributed by atoms with Crippen LogP contribution in [0.25, 0.3) is 0 Å². The SMILES string of the molecule is CSc1nc(C(=O)NC2CCOCC2OCc2ccccc2)cs1. The minimum atomic E-state index is -0.151. The molecule has 1 aliphatic heterocycles. The number of hydrogen-bond acceptors (Lipinski definition) is 6. The van der Waals surface area contributed by atoms with Crippen LogP contribution in [-0.4, -0.2) is 42.5 Å². The molecule has 2 heterocycles. The Balaban J connectivity index is 1.58. The Labute approximate surface area is 149 Å². The molecule has 0 spiro atoms. The number of rotatable bonds is 6. The van der Waals surface area contributed by atoms with Gasteiger partial charge in [0.25, 0.3) is 5.91 Å². The van der Waals surface area contributed by atoms with Crippen LogP contribution in [0.2, 0.25) is 0 Å². The smallest absolute Gasteiger partial charge is 0.271 e. The molecule has 3 rings (SSSR count). The van der Waals surface area contributed by atoms with E-state index >= 15 is 0 Å². The van der Waals surface area contributed by atoms with Crippen LogP contribution in [0.1, 0.15) is 22.5 Å². The molecule has 24 heavy (non-hydrogen) atoms. The summed E-state index contributed by atoms with van der Waals surface area (Å²) in [6.45, 7) is 1.63. The number of amides is 1. The van der Waals surface area contributed by atoms with Gasteiger partial charge in [0, 0.05) is 12.0 Å². The fraction of sp³-hybridized carbons (Fsp3) is 0.412. The highest BCUT2D eigenvalue weighted by atomic mass is 32.2. The minimum absolute atomic E-state index is 0.0607. The van der Waals surface area contributed by atoms with E-state index in [2.05, 4.69) is 10.3 Å². The van der Waals surface area contributed by atoms with E-state index in [4.69, 9.17) is 9.47 Å². The lowest BCUT2D eigenvalue weighted by molar-refractivity contribution is -0.0736. The minimum Gasteiger partial charge on any atom is -0.379 e. The molecular formula is C17H20N2O3S2. The summed E-state index contributed by atoms with van der Waals surface area (Å²) in [5.41, 5.74) is 1.58. The highest BCUT2D eigenvalue weighted by Gasteiger charge is 2.28. The van der Waals surface area contributed by atoms with Gasteiger partial charge in [-0.25, -0.2) is 4.98 Å². The van der Waals surface area contributed by atoms with Gasteiger partial charge in [-0.05, 0) is 18.2 Å². The molecule has 2 atom stereocenters. The lowest BCUT2D eigenvalue weighted by Gasteiger charge is -2.32. The number of ether oxygens (including phenoxy) is 2. The van der Waals surface area contributed by atoms with Crippen molar-refractivity contribution < 1.29 is 14.3 Å². The lowest BCUT2D eigenvalue weighted by atomic mass is 10.1. The predicted octanol–water partition coefficient (Wildman–Crippen LogP) is 2.97. The molecular weight excluding hydrogens is 344 g/mol. The van der Waals surface area contributed by atoms with Gasteiger partial charge in [0.15, 0.2) is 0 Å². The van der Waals surface area contributed by atoms with Gasteiger partial charge in [-0.2, -0.15) is 0 Å². The predicted molar refractivity (Wildman–Crippen MR) is 95.6 cm³/mol. The fourth-order valence-electron chi connectivity index (χ4n) is 2.52. The van der Waals surface area contributed by atoms with Gasteiger partial charge in [-0.3, -0.25) is 4.79 Å². The van der Waals surface area contributed by atoms with E-state index in [1.54, 1.807) is 17.1 Å². The Morgan fingerprint density at radius 2 is 2.29 bits per heavy atom. The Morgan fingerprint density at radius 1 is 1.46 bits per heavy atom. The first kappa shape index (κ1) is 17.4. The molecule has 1 aliphatic rings. The molecule has 1 N–H and O–H groups in total. The van der Waals surface area contributed by atoms with Gasteiger partial charge in [-0.15, -0.1) is 11.3 Å². The molecule has 7 heteroatoms. The van der Waals surface area contributed by atoms with Crippen molar-refractivity contribution in [2.75, 3.05) is 19.5 Å². The van der Waals surface area contributed by atoms with Gasteiger partial charge < -0.3 is 14.8 Å². The average Bonchev–Trinajstić information content (AvgIpc) is 3.11. The zero-order valence-corrected chi connectivity index (χ0v) is 15.1. The fourth-order valence-corrected chi connectivity index (χ4v) is 3.76. The van der Waals surface area contributed by atoms with Crippen LogP contribution >= 0.6 is 23.1 Å². The Kier molecular flexibility index (Phi) is 6.25. The van der Waals surface area contributed by atoms with Gasteiger partial charge in [0.2, 0.25) is 0 Å². The van der Waals surface area contributed by atoms with Gasteiger partial charge in [0.1, 0.15) is 16.1 Å². The van der Waals surface area contributed by atoms with E-state index < -0.39 is 0 Å². The van der Waals surface area contributed by atoms with Gasteiger partial charge >= 0.3 is 0 Å². The van der Waals surface area contributed by atoms with Crippen LogP contribution in [0.3, 0.4) is 0 Å². The molecule has 1 aromatic heterocycles. The second-order valence-corrected chi connectivity index (χ2v) is 7.39. The van der Waals surface area contributed by atoms with E-state index in [1.807, 2.05) is 36.6 Å². The largest absolute Gasteiger partial charge is 0.379 e. The topological polar surface area (TPSA) is 60.5 Å². The summed E-state index contributed by atoms with van der Waals surface area (Å²) < 4.78 is 12.4. The van der Waals surface area contributed by atoms with Crippen molar-refractivity contribution in [1.29, 1.82) is 0 Å². The van der Waals surface area contributed by atoms with E-state index in [-0.39, 0.29) is 18.1 Å². The number of nitrogens with one attached hydrogen (secondary N) is 1. The molecule has 1 fully saturated rings. The molecule has 1 amide bonds. The van der Waals surface area contributed by atoms with Crippen molar-refractivity contribution in [2.45, 2.75) is 29.5 Å². The standard InChI is InChI=1S/C17H20N2O3S2/c1-23-17-19-14(11-24-17)16(20)18-13-7-8-21-10-15(13)22-9-12-5-3-2-4-6-12/h2-6,11,13,15H,7-10H2,1H3,(H,18,20). The number of benzene rings is 1. The molecule has 0 aliphatic carbocycles. The summed E-state index contributed by atoms with van der Waals surface area (Å²) in [5.74, 6) is -0.147. The number of thiazole rings is 1. The van der Waals surface area contributed by atoms with Crippen molar-refractivity contribution in [1.82, 2.24) is 10.3 Å². The van der Waals surface area contributed by atoms with Crippen molar-refractivity contribution in [3.8, 4) is 0 Å². The van der Waals surface area contributed by atoms with Crippen molar-refractivity contribution in [2.24, 2.45) is 0 Å². The van der Waals surface area contributed by atoms with Crippen molar-refractivity contribution in [3.05, 3.63) is 47.0 Å². The highest BCUT2D eigenvalue weighted by molar-refractivity contribution is 8.00. The molecule has 128 valence electrons. The van der Waals surface area contributed by atoms with E-state index in [1.165, 1.54) is 11.3 Å². The summed E-state index contributed by atoms with van der Waals surface area (Å²) in [4.78, 5) is 16.7. The summed E-state index contributed by atoms with van der Waals surface area (Å²) in [5, 5.41) is 4.84. The number of hydrogen-bond donors (Lipinski definition) is 1. The maximum absolute atomic E-state index is 12.4.